The lowest BCUT2D eigenvalue weighted by Crippen LogP contribution is -2.75. The molecule has 0 aromatic carbocycles. The molecule has 0 aromatic rings. The SMILES string of the molecule is C=CC1(F)C(F)(F)C2(F)C(F)(F)C(F)(F)C1(F)C2(F)F.C=CC1C(F)(F)C2(F)C(F)(F)C(F)(F)C1(F)C2(F)F. The zero-order chi connectivity index (χ0) is 31.5. The van der Waals surface area contributed by atoms with Crippen molar-refractivity contribution in [3.63, 3.8) is 0 Å². The Hall–Kier alpha value is -1.99. The standard InChI is InChI=1S/C9H3F11.C9H4F10/c1-2-3(10)4(11)7(15,16)5(12,6(3,13)14)9(19,20)8(4,17)18;1-2-3-4(10)7(14,15)6(13,5(3,11)12)9(18,19)8(4,16)17/h2H,1H2;2-3H,1H2. The largest absolute Gasteiger partial charge is 0.359 e. The van der Waals surface area contributed by atoms with Crippen molar-refractivity contribution in [2.45, 2.75) is 75.7 Å². The molecule has 0 heterocycles. The molecule has 0 radical (unpaired) electrons. The van der Waals surface area contributed by atoms with Crippen LogP contribution in [0.5, 0.6) is 0 Å². The van der Waals surface area contributed by atoms with Crippen LogP contribution in [0.1, 0.15) is 0 Å². The number of hydrogen-bond donors (Lipinski definition) is 0. The molecule has 4 bridgehead atoms. The van der Waals surface area contributed by atoms with Gasteiger partial charge >= 0.3 is 58.7 Å². The zero-order valence-corrected chi connectivity index (χ0v) is 17.6. The van der Waals surface area contributed by atoms with Gasteiger partial charge in [-0.1, -0.05) is 12.7 Å². The number of hydrogen-bond acceptors (Lipinski definition) is 0. The van der Waals surface area contributed by atoms with Crippen molar-refractivity contribution in [3.8, 4) is 0 Å². The monoisotopic (exact) mass is 622 g/mol. The first kappa shape index (κ1) is 31.5. The smallest absolute Gasteiger partial charge is 0.229 e. The van der Waals surface area contributed by atoms with Crippen LogP contribution in [-0.2, 0) is 0 Å². The van der Waals surface area contributed by atoms with Gasteiger partial charge in [-0.15, -0.1) is 6.58 Å². The number of halogens is 21. The van der Waals surface area contributed by atoms with E-state index in [9.17, 15) is 92.2 Å². The number of rotatable bonds is 2. The van der Waals surface area contributed by atoms with Crippen molar-refractivity contribution >= 4 is 0 Å². The highest BCUT2D eigenvalue weighted by Gasteiger charge is 3.16. The van der Waals surface area contributed by atoms with E-state index in [2.05, 4.69) is 13.2 Å². The van der Waals surface area contributed by atoms with Gasteiger partial charge in [0.1, 0.15) is 0 Å². The molecule has 0 spiro atoms. The fourth-order valence-electron chi connectivity index (χ4n) is 5.32. The first-order valence-electron chi connectivity index (χ1n) is 9.48. The molecule has 4 aliphatic carbocycles. The summed E-state index contributed by atoms with van der Waals surface area (Å²) in [4.78, 5) is 0. The van der Waals surface area contributed by atoms with Crippen molar-refractivity contribution in [2.75, 3.05) is 0 Å². The Labute approximate surface area is 200 Å². The van der Waals surface area contributed by atoms with E-state index in [-0.39, 0.29) is 0 Å². The summed E-state index contributed by atoms with van der Waals surface area (Å²) in [5.74, 6) is -55.4. The van der Waals surface area contributed by atoms with Gasteiger partial charge in [0.15, 0.2) is 0 Å². The average Bonchev–Trinajstić information content (AvgIpc) is 2.99. The van der Waals surface area contributed by atoms with Crippen LogP contribution in [0.3, 0.4) is 0 Å². The quantitative estimate of drug-likeness (QED) is 0.220. The molecule has 0 N–H and O–H groups in total. The molecule has 0 amide bonds. The molecule has 226 valence electrons. The highest BCUT2D eigenvalue weighted by Crippen LogP contribution is 2.83. The predicted molar refractivity (Wildman–Crippen MR) is 82.7 cm³/mol. The fraction of sp³-hybridized carbons (Fsp3) is 0.778. The average molecular weight is 622 g/mol. The van der Waals surface area contributed by atoms with Gasteiger partial charge in [-0.05, 0) is 6.08 Å². The van der Waals surface area contributed by atoms with Crippen LogP contribution < -0.4 is 0 Å². The van der Waals surface area contributed by atoms with Gasteiger partial charge in [-0.25, -0.2) is 30.7 Å². The molecule has 4 fully saturated rings. The molecule has 39 heavy (non-hydrogen) atoms. The van der Waals surface area contributed by atoms with Crippen LogP contribution in [0.4, 0.5) is 92.2 Å². The summed E-state index contributed by atoms with van der Waals surface area (Å²) in [7, 11) is 0. The van der Waals surface area contributed by atoms with E-state index in [1.54, 1.807) is 0 Å². The highest BCUT2D eigenvalue weighted by atomic mass is 19.4. The van der Waals surface area contributed by atoms with Crippen molar-refractivity contribution in [2.24, 2.45) is 5.92 Å². The molecule has 4 rings (SSSR count). The Bertz CT molecular complexity index is 1120. The Morgan fingerprint density at radius 3 is 1.05 bits per heavy atom. The Morgan fingerprint density at radius 1 is 0.385 bits per heavy atom. The lowest BCUT2D eigenvalue weighted by atomic mass is 9.75. The van der Waals surface area contributed by atoms with Crippen LogP contribution >= 0.6 is 0 Å². The topological polar surface area (TPSA) is 0 Å². The van der Waals surface area contributed by atoms with Gasteiger partial charge in [0.25, 0.3) is 11.3 Å². The van der Waals surface area contributed by atoms with Crippen molar-refractivity contribution in [1.29, 1.82) is 0 Å². The molecule has 0 nitrogen and oxygen atoms in total. The van der Waals surface area contributed by atoms with Gasteiger partial charge in [0.2, 0.25) is 5.67 Å². The molecule has 0 aromatic heterocycles. The Morgan fingerprint density at radius 2 is 0.744 bits per heavy atom. The van der Waals surface area contributed by atoms with E-state index in [0.29, 0.717) is 0 Å². The first-order chi connectivity index (χ1) is 16.8. The third-order valence-electron chi connectivity index (χ3n) is 7.48. The van der Waals surface area contributed by atoms with Crippen LogP contribution in [0.15, 0.2) is 25.3 Å². The lowest BCUT2D eigenvalue weighted by molar-refractivity contribution is -0.367. The summed E-state index contributed by atoms with van der Waals surface area (Å²) < 4.78 is 279. The summed E-state index contributed by atoms with van der Waals surface area (Å²) >= 11 is 0. The highest BCUT2D eigenvalue weighted by molar-refractivity contribution is 5.50. The Balaban J connectivity index is 0.000000216. The van der Waals surface area contributed by atoms with Crippen LogP contribution in [0, 0.1) is 5.92 Å². The Kier molecular flexibility index (Phi) is 5.44. The molecule has 21 heteroatoms. The summed E-state index contributed by atoms with van der Waals surface area (Å²) in [5, 5.41) is 0. The lowest BCUT2D eigenvalue weighted by Gasteiger charge is -2.44. The molecule has 4 aliphatic rings. The van der Waals surface area contributed by atoms with E-state index < -0.39 is 93.8 Å². The van der Waals surface area contributed by atoms with E-state index >= 15 is 0 Å². The maximum atomic E-state index is 13.8. The number of alkyl halides is 21. The summed E-state index contributed by atoms with van der Waals surface area (Å²) in [6.07, 6.45) is -1.45. The second-order valence-corrected chi connectivity index (χ2v) is 8.96. The van der Waals surface area contributed by atoms with E-state index in [1.807, 2.05) is 0 Å². The van der Waals surface area contributed by atoms with Gasteiger partial charge < -0.3 is 0 Å². The minimum absolute atomic E-state index is 0.404. The fourth-order valence-corrected chi connectivity index (χ4v) is 5.32. The summed E-state index contributed by atoms with van der Waals surface area (Å²) in [6, 6.07) is 0. The van der Waals surface area contributed by atoms with Gasteiger partial charge in [0.05, 0.1) is 5.92 Å². The van der Waals surface area contributed by atoms with Crippen molar-refractivity contribution in [3.05, 3.63) is 25.3 Å². The van der Waals surface area contributed by atoms with Gasteiger partial charge in [-0.2, -0.15) is 61.5 Å². The number of allylic oxidation sites excluding steroid dienone is 2. The summed E-state index contributed by atoms with van der Waals surface area (Å²) in [5.41, 5.74) is -31.0. The van der Waals surface area contributed by atoms with E-state index in [0.717, 1.165) is 0 Å². The molecular formula is C18H7F21. The van der Waals surface area contributed by atoms with E-state index in [1.165, 1.54) is 0 Å². The minimum atomic E-state index is -6.83. The molecule has 0 saturated heterocycles. The van der Waals surface area contributed by atoms with Crippen LogP contribution in [-0.4, -0.2) is 75.7 Å². The maximum absolute atomic E-state index is 13.8. The third kappa shape index (κ3) is 2.09. The van der Waals surface area contributed by atoms with Crippen LogP contribution in [0.25, 0.3) is 0 Å². The minimum Gasteiger partial charge on any atom is -0.229 e. The summed E-state index contributed by atoms with van der Waals surface area (Å²) in [6.45, 7) is 4.52. The first-order valence-corrected chi connectivity index (χ1v) is 9.48. The van der Waals surface area contributed by atoms with Gasteiger partial charge in [0, 0.05) is 0 Å². The molecule has 4 saturated carbocycles. The molecule has 6 unspecified atom stereocenters. The zero-order valence-electron chi connectivity index (χ0n) is 17.6. The molecular weight excluding hydrogens is 615 g/mol. The van der Waals surface area contributed by atoms with E-state index in [4.69, 9.17) is 0 Å². The molecule has 0 aliphatic heterocycles. The van der Waals surface area contributed by atoms with Crippen molar-refractivity contribution < 1.29 is 92.2 Å². The van der Waals surface area contributed by atoms with Crippen LogP contribution in [0.2, 0.25) is 0 Å². The third-order valence-corrected chi connectivity index (χ3v) is 7.48. The normalized spacial score (nSPS) is 49.2. The number of fused-ring (bicyclic) bond motifs is 4. The van der Waals surface area contributed by atoms with Gasteiger partial charge in [-0.3, -0.25) is 0 Å². The predicted octanol–water partition coefficient (Wildman–Crippen LogP) is 7.64. The second-order valence-electron chi connectivity index (χ2n) is 8.96. The second kappa shape index (κ2) is 6.73. The molecule has 6 atom stereocenters. The maximum Gasteiger partial charge on any atom is 0.359 e. The van der Waals surface area contributed by atoms with Crippen molar-refractivity contribution in [1.82, 2.24) is 0 Å².